The van der Waals surface area contributed by atoms with Crippen LogP contribution in [0.4, 0.5) is 14.5 Å². The SMILES string of the molecule is COc1ccc(NC(=O)/C=C/c2ccccc2OC(F)F)c(OC)c1. The molecule has 0 aliphatic heterocycles. The summed E-state index contributed by atoms with van der Waals surface area (Å²) in [6.07, 6.45) is 2.61. The van der Waals surface area contributed by atoms with E-state index in [1.807, 2.05) is 0 Å². The molecule has 0 saturated carbocycles. The minimum Gasteiger partial charge on any atom is -0.497 e. The molecule has 1 amide bonds. The van der Waals surface area contributed by atoms with Crippen LogP contribution in [0.15, 0.2) is 48.5 Å². The Labute approximate surface area is 143 Å². The van der Waals surface area contributed by atoms with E-state index < -0.39 is 12.5 Å². The van der Waals surface area contributed by atoms with Gasteiger partial charge < -0.3 is 19.5 Å². The Balaban J connectivity index is 2.12. The predicted octanol–water partition coefficient (Wildman–Crippen LogP) is 3.96. The van der Waals surface area contributed by atoms with Crippen LogP contribution < -0.4 is 19.5 Å². The third-order valence-electron chi connectivity index (χ3n) is 3.22. The van der Waals surface area contributed by atoms with Crippen molar-refractivity contribution in [2.45, 2.75) is 6.61 Å². The van der Waals surface area contributed by atoms with Crippen LogP contribution in [-0.2, 0) is 4.79 Å². The van der Waals surface area contributed by atoms with Crippen LogP contribution in [0.5, 0.6) is 17.2 Å². The third-order valence-corrected chi connectivity index (χ3v) is 3.22. The standard InChI is InChI=1S/C18H17F2NO4/c1-23-13-8-9-14(16(11-13)24-2)21-17(22)10-7-12-5-3-4-6-15(12)25-18(19)20/h3-11,18H,1-2H3,(H,21,22)/b10-7+. The average Bonchev–Trinajstić information content (AvgIpc) is 2.61. The highest BCUT2D eigenvalue weighted by Gasteiger charge is 2.09. The number of para-hydroxylation sites is 1. The van der Waals surface area contributed by atoms with Crippen molar-refractivity contribution >= 4 is 17.7 Å². The van der Waals surface area contributed by atoms with Crippen LogP contribution >= 0.6 is 0 Å². The van der Waals surface area contributed by atoms with Gasteiger partial charge in [-0.3, -0.25) is 4.79 Å². The molecule has 5 nitrogen and oxygen atoms in total. The predicted molar refractivity (Wildman–Crippen MR) is 90.3 cm³/mol. The Morgan fingerprint density at radius 1 is 1.08 bits per heavy atom. The van der Waals surface area contributed by atoms with Crippen molar-refractivity contribution in [3.8, 4) is 17.2 Å². The van der Waals surface area contributed by atoms with Crippen molar-refractivity contribution in [1.82, 2.24) is 0 Å². The first-order chi connectivity index (χ1) is 12.0. The number of hydrogen-bond acceptors (Lipinski definition) is 4. The third kappa shape index (κ3) is 5.20. The number of rotatable bonds is 7. The summed E-state index contributed by atoms with van der Waals surface area (Å²) in [4.78, 5) is 12.1. The molecule has 0 aliphatic rings. The molecule has 132 valence electrons. The van der Waals surface area contributed by atoms with E-state index in [4.69, 9.17) is 9.47 Å². The smallest absolute Gasteiger partial charge is 0.387 e. The second-order valence-electron chi connectivity index (χ2n) is 4.81. The summed E-state index contributed by atoms with van der Waals surface area (Å²) in [5.41, 5.74) is 0.815. The number of carbonyl (C=O) groups excluding carboxylic acids is 1. The fraction of sp³-hybridized carbons (Fsp3) is 0.167. The number of ether oxygens (including phenoxy) is 3. The minimum atomic E-state index is -2.94. The van der Waals surface area contributed by atoms with Gasteiger partial charge in [-0.25, -0.2) is 0 Å². The van der Waals surface area contributed by atoms with Crippen molar-refractivity contribution in [1.29, 1.82) is 0 Å². The van der Waals surface area contributed by atoms with Crippen LogP contribution in [0.1, 0.15) is 5.56 Å². The number of carbonyl (C=O) groups is 1. The van der Waals surface area contributed by atoms with Gasteiger partial charge in [-0.1, -0.05) is 18.2 Å². The summed E-state index contributed by atoms with van der Waals surface area (Å²) in [6, 6.07) is 11.1. The number of amides is 1. The van der Waals surface area contributed by atoms with E-state index in [0.29, 0.717) is 22.7 Å². The second-order valence-corrected chi connectivity index (χ2v) is 4.81. The van der Waals surface area contributed by atoms with Gasteiger partial charge in [-0.05, 0) is 24.3 Å². The maximum Gasteiger partial charge on any atom is 0.387 e. The first-order valence-corrected chi connectivity index (χ1v) is 7.28. The highest BCUT2D eigenvalue weighted by molar-refractivity contribution is 6.03. The van der Waals surface area contributed by atoms with Crippen molar-refractivity contribution in [3.05, 3.63) is 54.1 Å². The van der Waals surface area contributed by atoms with E-state index in [0.717, 1.165) is 0 Å². The molecule has 0 atom stereocenters. The van der Waals surface area contributed by atoms with Gasteiger partial charge in [0.2, 0.25) is 5.91 Å². The Bertz CT molecular complexity index is 762. The zero-order valence-electron chi connectivity index (χ0n) is 13.7. The Morgan fingerprint density at radius 3 is 2.52 bits per heavy atom. The van der Waals surface area contributed by atoms with Gasteiger partial charge in [0.05, 0.1) is 19.9 Å². The maximum atomic E-state index is 12.4. The maximum absolute atomic E-state index is 12.4. The van der Waals surface area contributed by atoms with E-state index in [1.165, 1.54) is 32.4 Å². The van der Waals surface area contributed by atoms with Gasteiger partial charge in [0.25, 0.3) is 0 Å². The lowest BCUT2D eigenvalue weighted by Crippen LogP contribution is -2.09. The molecule has 2 rings (SSSR count). The highest BCUT2D eigenvalue weighted by Crippen LogP contribution is 2.29. The Morgan fingerprint density at radius 2 is 1.84 bits per heavy atom. The van der Waals surface area contributed by atoms with Crippen LogP contribution in [-0.4, -0.2) is 26.7 Å². The fourth-order valence-corrected chi connectivity index (χ4v) is 2.06. The topological polar surface area (TPSA) is 56.8 Å². The number of nitrogens with one attached hydrogen (secondary N) is 1. The lowest BCUT2D eigenvalue weighted by molar-refractivity contribution is -0.111. The summed E-state index contributed by atoms with van der Waals surface area (Å²) in [5.74, 6) is 0.560. The molecule has 0 radical (unpaired) electrons. The molecule has 0 spiro atoms. The number of alkyl halides is 2. The Kier molecular flexibility index (Phi) is 6.33. The van der Waals surface area contributed by atoms with Crippen LogP contribution in [0.2, 0.25) is 0 Å². The van der Waals surface area contributed by atoms with Crippen LogP contribution in [0.3, 0.4) is 0 Å². The second kappa shape index (κ2) is 8.68. The molecule has 0 unspecified atom stereocenters. The van der Waals surface area contributed by atoms with E-state index >= 15 is 0 Å². The van der Waals surface area contributed by atoms with Gasteiger partial charge in [-0.2, -0.15) is 8.78 Å². The number of hydrogen-bond donors (Lipinski definition) is 1. The van der Waals surface area contributed by atoms with Crippen molar-refractivity contribution in [2.24, 2.45) is 0 Å². The summed E-state index contributed by atoms with van der Waals surface area (Å²) in [7, 11) is 2.99. The number of benzene rings is 2. The summed E-state index contributed by atoms with van der Waals surface area (Å²) in [6.45, 7) is -2.94. The largest absolute Gasteiger partial charge is 0.497 e. The van der Waals surface area contributed by atoms with Gasteiger partial charge >= 0.3 is 6.61 Å². The normalized spacial score (nSPS) is 10.8. The monoisotopic (exact) mass is 349 g/mol. The molecule has 0 aliphatic carbocycles. The minimum absolute atomic E-state index is 0.0106. The molecule has 7 heteroatoms. The molecule has 0 aromatic heterocycles. The first kappa shape index (κ1) is 18.3. The van der Waals surface area contributed by atoms with Gasteiger partial charge in [0.1, 0.15) is 17.2 Å². The van der Waals surface area contributed by atoms with E-state index in [9.17, 15) is 13.6 Å². The van der Waals surface area contributed by atoms with Gasteiger partial charge in [0.15, 0.2) is 0 Å². The van der Waals surface area contributed by atoms with E-state index in [-0.39, 0.29) is 5.75 Å². The molecular formula is C18H17F2NO4. The zero-order chi connectivity index (χ0) is 18.2. The molecule has 25 heavy (non-hydrogen) atoms. The number of halogens is 2. The number of anilines is 1. The lowest BCUT2D eigenvalue weighted by atomic mass is 10.2. The van der Waals surface area contributed by atoms with E-state index in [1.54, 1.807) is 36.4 Å². The molecule has 2 aromatic rings. The average molecular weight is 349 g/mol. The van der Waals surface area contributed by atoms with E-state index in [2.05, 4.69) is 10.1 Å². The quantitative estimate of drug-likeness (QED) is 0.769. The van der Waals surface area contributed by atoms with Crippen molar-refractivity contribution in [2.75, 3.05) is 19.5 Å². The summed E-state index contributed by atoms with van der Waals surface area (Å²) >= 11 is 0. The molecule has 0 fully saturated rings. The molecule has 0 bridgehead atoms. The van der Waals surface area contributed by atoms with Crippen molar-refractivity contribution in [3.63, 3.8) is 0 Å². The molecule has 1 N–H and O–H groups in total. The van der Waals surface area contributed by atoms with Crippen LogP contribution in [0.25, 0.3) is 6.08 Å². The zero-order valence-corrected chi connectivity index (χ0v) is 13.7. The molecule has 2 aromatic carbocycles. The van der Waals surface area contributed by atoms with Gasteiger partial charge in [-0.15, -0.1) is 0 Å². The molecule has 0 saturated heterocycles. The summed E-state index contributed by atoms with van der Waals surface area (Å²) in [5, 5.41) is 2.65. The number of methoxy groups -OCH3 is 2. The fourth-order valence-electron chi connectivity index (χ4n) is 2.06. The highest BCUT2D eigenvalue weighted by atomic mass is 19.3. The van der Waals surface area contributed by atoms with Crippen molar-refractivity contribution < 1.29 is 27.8 Å². The molecule has 0 heterocycles. The van der Waals surface area contributed by atoms with Crippen LogP contribution in [0, 0.1) is 0 Å². The first-order valence-electron chi connectivity index (χ1n) is 7.28. The molecular weight excluding hydrogens is 332 g/mol. The summed E-state index contributed by atoms with van der Waals surface area (Å²) < 4.78 is 39.4. The Hall–Kier alpha value is -3.09. The van der Waals surface area contributed by atoms with Gasteiger partial charge in [0, 0.05) is 17.7 Å². The lowest BCUT2D eigenvalue weighted by Gasteiger charge is -2.10.